The van der Waals surface area contributed by atoms with Crippen molar-refractivity contribution in [2.45, 2.75) is 33.9 Å². The monoisotopic (exact) mass is 309 g/mol. The maximum Gasteiger partial charge on any atom is 0.206 e. The van der Waals surface area contributed by atoms with Gasteiger partial charge in [0.1, 0.15) is 0 Å². The van der Waals surface area contributed by atoms with Gasteiger partial charge >= 0.3 is 0 Å². The number of anilines is 1. The lowest BCUT2D eigenvalue weighted by atomic mass is 10.2. The summed E-state index contributed by atoms with van der Waals surface area (Å²) in [6.07, 6.45) is 4.63. The second-order valence-corrected chi connectivity index (χ2v) is 7.51. The second-order valence-electron chi connectivity index (χ2n) is 4.43. The van der Waals surface area contributed by atoms with Gasteiger partial charge in [0.2, 0.25) is 5.13 Å². The van der Waals surface area contributed by atoms with Crippen molar-refractivity contribution in [3.63, 3.8) is 0 Å². The highest BCUT2D eigenvalue weighted by Gasteiger charge is 2.22. The molecule has 0 radical (unpaired) electrons. The fourth-order valence-electron chi connectivity index (χ4n) is 1.60. The normalized spacial score (nSPS) is 14.6. The number of nitrogens with one attached hydrogen (secondary N) is 1. The SMILES string of the molecule is CSc1ccc(CSc2nnc(NC3CC3)s2)cc1. The Labute approximate surface area is 125 Å². The highest BCUT2D eigenvalue weighted by atomic mass is 32.2. The van der Waals surface area contributed by atoms with Gasteiger partial charge in [-0.25, -0.2) is 0 Å². The minimum atomic E-state index is 0.643. The van der Waals surface area contributed by atoms with Crippen LogP contribution in [0.15, 0.2) is 33.5 Å². The van der Waals surface area contributed by atoms with E-state index in [-0.39, 0.29) is 0 Å². The first-order chi connectivity index (χ1) is 9.33. The van der Waals surface area contributed by atoms with Crippen LogP contribution in [0.5, 0.6) is 0 Å². The molecule has 6 heteroatoms. The van der Waals surface area contributed by atoms with Crippen molar-refractivity contribution in [1.29, 1.82) is 0 Å². The Morgan fingerprint density at radius 2 is 2.05 bits per heavy atom. The van der Waals surface area contributed by atoms with Crippen LogP contribution in [0, 0.1) is 0 Å². The molecule has 0 atom stereocenters. The summed E-state index contributed by atoms with van der Waals surface area (Å²) < 4.78 is 1.04. The van der Waals surface area contributed by atoms with Crippen LogP contribution < -0.4 is 5.32 Å². The first kappa shape index (κ1) is 13.3. The van der Waals surface area contributed by atoms with E-state index in [4.69, 9.17) is 0 Å². The van der Waals surface area contributed by atoms with Gasteiger partial charge in [0, 0.05) is 16.7 Å². The molecule has 100 valence electrons. The molecule has 1 aliphatic rings. The summed E-state index contributed by atoms with van der Waals surface area (Å²) >= 11 is 5.18. The number of benzene rings is 1. The summed E-state index contributed by atoms with van der Waals surface area (Å²) in [5.74, 6) is 0.951. The minimum absolute atomic E-state index is 0.643. The van der Waals surface area contributed by atoms with Crippen LogP contribution in [0.4, 0.5) is 5.13 Å². The number of thioether (sulfide) groups is 2. The van der Waals surface area contributed by atoms with Crippen molar-refractivity contribution in [2.75, 3.05) is 11.6 Å². The summed E-state index contributed by atoms with van der Waals surface area (Å²) in [5, 5.41) is 12.7. The van der Waals surface area contributed by atoms with E-state index in [0.29, 0.717) is 6.04 Å². The van der Waals surface area contributed by atoms with E-state index in [1.54, 1.807) is 34.9 Å². The van der Waals surface area contributed by atoms with Gasteiger partial charge in [-0.15, -0.1) is 22.0 Å². The van der Waals surface area contributed by atoms with Crippen LogP contribution in [0.3, 0.4) is 0 Å². The standard InChI is InChI=1S/C13H15N3S3/c1-17-11-6-2-9(3-7-11)8-18-13-16-15-12(19-13)14-10-4-5-10/h2-3,6-7,10H,4-5,8H2,1H3,(H,14,15). The molecular weight excluding hydrogens is 294 g/mol. The van der Waals surface area contributed by atoms with E-state index < -0.39 is 0 Å². The lowest BCUT2D eigenvalue weighted by molar-refractivity contribution is 0.994. The van der Waals surface area contributed by atoms with Crippen LogP contribution in [0.2, 0.25) is 0 Å². The zero-order valence-electron chi connectivity index (χ0n) is 10.6. The van der Waals surface area contributed by atoms with Crippen molar-refractivity contribution < 1.29 is 0 Å². The topological polar surface area (TPSA) is 37.8 Å². The third-order valence-corrected chi connectivity index (χ3v) is 5.64. The van der Waals surface area contributed by atoms with E-state index in [2.05, 4.69) is 46.0 Å². The van der Waals surface area contributed by atoms with Gasteiger partial charge in [0.05, 0.1) is 0 Å². The molecular formula is C13H15N3S3. The molecule has 1 saturated carbocycles. The maximum absolute atomic E-state index is 4.21. The summed E-state index contributed by atoms with van der Waals surface area (Å²) in [5.41, 5.74) is 1.33. The number of hydrogen-bond acceptors (Lipinski definition) is 6. The van der Waals surface area contributed by atoms with Gasteiger partial charge < -0.3 is 5.32 Å². The third-order valence-electron chi connectivity index (χ3n) is 2.83. The molecule has 0 spiro atoms. The van der Waals surface area contributed by atoms with Crippen molar-refractivity contribution in [1.82, 2.24) is 10.2 Å². The van der Waals surface area contributed by atoms with Gasteiger partial charge in [0.15, 0.2) is 4.34 Å². The van der Waals surface area contributed by atoms with Crippen LogP contribution in [-0.2, 0) is 5.75 Å². The van der Waals surface area contributed by atoms with Crippen molar-refractivity contribution >= 4 is 40.0 Å². The Bertz CT molecular complexity index is 534. The Morgan fingerprint density at radius 3 is 2.74 bits per heavy atom. The fraction of sp³-hybridized carbons (Fsp3) is 0.385. The number of aromatic nitrogens is 2. The van der Waals surface area contributed by atoms with E-state index in [1.807, 2.05) is 0 Å². The zero-order valence-corrected chi connectivity index (χ0v) is 13.1. The molecule has 0 saturated heterocycles. The quantitative estimate of drug-likeness (QED) is 0.812. The Hall–Kier alpha value is -0.720. The van der Waals surface area contributed by atoms with Crippen molar-refractivity contribution in [2.24, 2.45) is 0 Å². The highest BCUT2D eigenvalue weighted by molar-refractivity contribution is 8.00. The number of rotatable bonds is 6. The Morgan fingerprint density at radius 1 is 1.26 bits per heavy atom. The van der Waals surface area contributed by atoms with E-state index in [0.717, 1.165) is 15.2 Å². The van der Waals surface area contributed by atoms with Gasteiger partial charge in [0.25, 0.3) is 0 Å². The minimum Gasteiger partial charge on any atom is -0.357 e. The number of hydrogen-bond donors (Lipinski definition) is 1. The molecule has 0 amide bonds. The predicted octanol–water partition coefficient (Wildman–Crippen LogP) is 4.13. The summed E-state index contributed by atoms with van der Waals surface area (Å²) in [6.45, 7) is 0. The molecule has 0 aliphatic heterocycles. The fourth-order valence-corrected chi connectivity index (χ4v) is 3.79. The van der Waals surface area contributed by atoms with Crippen LogP contribution in [0.25, 0.3) is 0 Å². The first-order valence-electron chi connectivity index (χ1n) is 6.19. The molecule has 3 rings (SSSR count). The summed E-state index contributed by atoms with van der Waals surface area (Å²) in [7, 11) is 0. The number of nitrogens with zero attached hydrogens (tertiary/aromatic N) is 2. The molecule has 1 aliphatic carbocycles. The average molecular weight is 309 g/mol. The van der Waals surface area contributed by atoms with Crippen molar-refractivity contribution in [3.8, 4) is 0 Å². The summed E-state index contributed by atoms with van der Waals surface area (Å²) in [6, 6.07) is 9.35. The molecule has 1 heterocycles. The van der Waals surface area contributed by atoms with Gasteiger partial charge in [-0.2, -0.15) is 0 Å². The molecule has 1 aromatic heterocycles. The zero-order chi connectivity index (χ0) is 13.1. The van der Waals surface area contributed by atoms with Gasteiger partial charge in [-0.3, -0.25) is 0 Å². The molecule has 3 nitrogen and oxygen atoms in total. The predicted molar refractivity (Wildman–Crippen MR) is 84.3 cm³/mol. The lowest BCUT2D eigenvalue weighted by Crippen LogP contribution is -1.99. The molecule has 19 heavy (non-hydrogen) atoms. The lowest BCUT2D eigenvalue weighted by Gasteiger charge is -2.00. The Balaban J connectivity index is 1.53. The van der Waals surface area contributed by atoms with Crippen molar-refractivity contribution in [3.05, 3.63) is 29.8 Å². The third kappa shape index (κ3) is 3.87. The molecule has 1 fully saturated rings. The molecule has 1 N–H and O–H groups in total. The van der Waals surface area contributed by atoms with Gasteiger partial charge in [-0.05, 0) is 36.8 Å². The van der Waals surface area contributed by atoms with E-state index in [1.165, 1.54) is 23.3 Å². The first-order valence-corrected chi connectivity index (χ1v) is 9.22. The largest absolute Gasteiger partial charge is 0.357 e. The van der Waals surface area contributed by atoms with E-state index in [9.17, 15) is 0 Å². The highest BCUT2D eigenvalue weighted by Crippen LogP contribution is 2.31. The smallest absolute Gasteiger partial charge is 0.206 e. The van der Waals surface area contributed by atoms with Crippen LogP contribution in [-0.4, -0.2) is 22.5 Å². The summed E-state index contributed by atoms with van der Waals surface area (Å²) in [4.78, 5) is 1.31. The molecule has 0 unspecified atom stereocenters. The van der Waals surface area contributed by atoms with E-state index >= 15 is 0 Å². The van der Waals surface area contributed by atoms with Crippen LogP contribution >= 0.6 is 34.9 Å². The van der Waals surface area contributed by atoms with Gasteiger partial charge in [-0.1, -0.05) is 35.2 Å². The average Bonchev–Trinajstić information content (AvgIpc) is 3.14. The second kappa shape index (κ2) is 6.15. The molecule has 2 aromatic rings. The molecule has 0 bridgehead atoms. The maximum atomic E-state index is 4.21. The Kier molecular flexibility index (Phi) is 4.30. The van der Waals surface area contributed by atoms with Crippen LogP contribution in [0.1, 0.15) is 18.4 Å². The molecule has 1 aromatic carbocycles.